The predicted molar refractivity (Wildman–Crippen MR) is 90.7 cm³/mol. The Kier molecular flexibility index (Phi) is 4.43. The van der Waals surface area contributed by atoms with E-state index in [0.29, 0.717) is 33.8 Å². The maximum absolute atomic E-state index is 12.3. The molecular weight excluding hydrogens is 330 g/mol. The molecule has 3 aromatic rings. The molecule has 122 valence electrons. The SMILES string of the molecule is Cc1cc(Nc2ncc(C(=O)Nc3ccc(Cl)cc3C)cn2)no1. The van der Waals surface area contributed by atoms with Crippen molar-refractivity contribution in [3.05, 3.63) is 58.6 Å². The van der Waals surface area contributed by atoms with Crippen LogP contribution in [0.3, 0.4) is 0 Å². The lowest BCUT2D eigenvalue weighted by Crippen LogP contribution is -2.13. The van der Waals surface area contributed by atoms with Gasteiger partial charge in [-0.25, -0.2) is 9.97 Å². The molecule has 0 saturated carbocycles. The number of anilines is 3. The summed E-state index contributed by atoms with van der Waals surface area (Å²) in [5.41, 5.74) is 1.90. The first-order valence-electron chi connectivity index (χ1n) is 7.11. The highest BCUT2D eigenvalue weighted by Gasteiger charge is 2.10. The van der Waals surface area contributed by atoms with E-state index in [1.807, 2.05) is 6.92 Å². The molecule has 8 heteroatoms. The maximum Gasteiger partial charge on any atom is 0.258 e. The molecule has 0 saturated heterocycles. The predicted octanol–water partition coefficient (Wildman–Crippen LogP) is 3.73. The second-order valence-corrected chi connectivity index (χ2v) is 5.59. The van der Waals surface area contributed by atoms with E-state index in [9.17, 15) is 4.79 Å². The summed E-state index contributed by atoms with van der Waals surface area (Å²) in [6, 6.07) is 6.96. The van der Waals surface area contributed by atoms with Crippen molar-refractivity contribution in [3.8, 4) is 0 Å². The number of nitrogens with zero attached hydrogens (tertiary/aromatic N) is 3. The normalized spacial score (nSPS) is 10.5. The van der Waals surface area contributed by atoms with Crippen LogP contribution < -0.4 is 10.6 Å². The Morgan fingerprint density at radius 3 is 2.54 bits per heavy atom. The van der Waals surface area contributed by atoms with Crippen LogP contribution in [-0.4, -0.2) is 21.0 Å². The number of halogens is 1. The van der Waals surface area contributed by atoms with Crippen LogP contribution >= 0.6 is 11.6 Å². The quantitative estimate of drug-likeness (QED) is 0.749. The van der Waals surface area contributed by atoms with Crippen molar-refractivity contribution in [1.29, 1.82) is 0 Å². The molecule has 3 rings (SSSR count). The smallest absolute Gasteiger partial charge is 0.258 e. The van der Waals surface area contributed by atoms with Gasteiger partial charge in [-0.2, -0.15) is 0 Å². The number of benzene rings is 1. The molecule has 2 N–H and O–H groups in total. The van der Waals surface area contributed by atoms with Gasteiger partial charge in [0.25, 0.3) is 5.91 Å². The van der Waals surface area contributed by atoms with E-state index in [2.05, 4.69) is 25.8 Å². The molecule has 2 heterocycles. The minimum absolute atomic E-state index is 0.302. The fraction of sp³-hybridized carbons (Fsp3) is 0.125. The fourth-order valence-electron chi connectivity index (χ4n) is 2.01. The second-order valence-electron chi connectivity index (χ2n) is 5.16. The van der Waals surface area contributed by atoms with E-state index in [1.165, 1.54) is 12.4 Å². The molecule has 0 fully saturated rings. The lowest BCUT2D eigenvalue weighted by atomic mass is 10.2. The molecule has 1 aromatic carbocycles. The standard InChI is InChI=1S/C16H14ClN5O2/c1-9-5-12(17)3-4-13(9)20-15(23)11-7-18-16(19-8-11)21-14-6-10(2)24-22-14/h3-8H,1-2H3,(H,20,23)(H,18,19,21,22). The van der Waals surface area contributed by atoms with Crippen LogP contribution in [0.25, 0.3) is 0 Å². The van der Waals surface area contributed by atoms with E-state index in [0.717, 1.165) is 5.56 Å². The number of carbonyl (C=O) groups is 1. The summed E-state index contributed by atoms with van der Waals surface area (Å²) < 4.78 is 4.94. The highest BCUT2D eigenvalue weighted by Crippen LogP contribution is 2.20. The Labute approximate surface area is 143 Å². The molecule has 0 bridgehead atoms. The zero-order valence-electron chi connectivity index (χ0n) is 13.0. The van der Waals surface area contributed by atoms with Crippen molar-refractivity contribution >= 4 is 35.0 Å². The molecule has 24 heavy (non-hydrogen) atoms. The van der Waals surface area contributed by atoms with Gasteiger partial charge in [-0.15, -0.1) is 0 Å². The van der Waals surface area contributed by atoms with Crippen LogP contribution in [0.5, 0.6) is 0 Å². The number of carbonyl (C=O) groups excluding carboxylic acids is 1. The Morgan fingerprint density at radius 1 is 1.17 bits per heavy atom. The molecule has 0 aliphatic carbocycles. The summed E-state index contributed by atoms with van der Waals surface area (Å²) in [4.78, 5) is 20.4. The summed E-state index contributed by atoms with van der Waals surface area (Å²) in [6.07, 6.45) is 2.87. The summed E-state index contributed by atoms with van der Waals surface area (Å²) in [5.74, 6) is 1.19. The molecule has 7 nitrogen and oxygen atoms in total. The summed E-state index contributed by atoms with van der Waals surface area (Å²) in [6.45, 7) is 3.65. The summed E-state index contributed by atoms with van der Waals surface area (Å²) in [5, 5.41) is 10.1. The van der Waals surface area contributed by atoms with Crippen LogP contribution in [0.2, 0.25) is 5.02 Å². The van der Waals surface area contributed by atoms with Crippen molar-refractivity contribution < 1.29 is 9.32 Å². The highest BCUT2D eigenvalue weighted by atomic mass is 35.5. The fourth-order valence-corrected chi connectivity index (χ4v) is 2.24. The minimum Gasteiger partial charge on any atom is -0.360 e. The number of amides is 1. The average molecular weight is 344 g/mol. The van der Waals surface area contributed by atoms with Gasteiger partial charge >= 0.3 is 0 Å². The van der Waals surface area contributed by atoms with E-state index in [4.69, 9.17) is 16.1 Å². The topological polar surface area (TPSA) is 92.9 Å². The Hall–Kier alpha value is -2.93. The Morgan fingerprint density at radius 2 is 1.92 bits per heavy atom. The van der Waals surface area contributed by atoms with Gasteiger partial charge in [0, 0.05) is 29.2 Å². The van der Waals surface area contributed by atoms with E-state index < -0.39 is 0 Å². The third-order valence-electron chi connectivity index (χ3n) is 3.22. The van der Waals surface area contributed by atoms with Crippen LogP contribution in [0.1, 0.15) is 21.7 Å². The lowest BCUT2D eigenvalue weighted by molar-refractivity contribution is 0.102. The van der Waals surface area contributed by atoms with Crippen LogP contribution in [-0.2, 0) is 0 Å². The number of hydrogen-bond acceptors (Lipinski definition) is 6. The monoisotopic (exact) mass is 343 g/mol. The first kappa shape index (κ1) is 15.9. The van der Waals surface area contributed by atoms with Gasteiger partial charge in [0.15, 0.2) is 5.82 Å². The molecule has 0 atom stereocenters. The van der Waals surface area contributed by atoms with Crippen molar-refractivity contribution in [2.75, 3.05) is 10.6 Å². The molecule has 2 aromatic heterocycles. The molecular formula is C16H14ClN5O2. The number of rotatable bonds is 4. The van der Waals surface area contributed by atoms with Crippen LogP contribution in [0.4, 0.5) is 17.5 Å². The average Bonchev–Trinajstić information content (AvgIpc) is 2.96. The molecule has 0 spiro atoms. The van der Waals surface area contributed by atoms with Gasteiger partial charge in [-0.05, 0) is 37.6 Å². The summed E-state index contributed by atoms with van der Waals surface area (Å²) in [7, 11) is 0. The van der Waals surface area contributed by atoms with Crippen molar-refractivity contribution in [2.45, 2.75) is 13.8 Å². The van der Waals surface area contributed by atoms with Gasteiger partial charge in [0.1, 0.15) is 5.76 Å². The molecule has 0 aliphatic heterocycles. The zero-order chi connectivity index (χ0) is 17.1. The second kappa shape index (κ2) is 6.67. The maximum atomic E-state index is 12.3. The number of aryl methyl sites for hydroxylation is 2. The molecule has 0 aliphatic rings. The molecule has 1 amide bonds. The highest BCUT2D eigenvalue weighted by molar-refractivity contribution is 6.30. The third-order valence-corrected chi connectivity index (χ3v) is 3.45. The number of hydrogen-bond donors (Lipinski definition) is 2. The first-order valence-corrected chi connectivity index (χ1v) is 7.49. The first-order chi connectivity index (χ1) is 11.5. The van der Waals surface area contributed by atoms with Gasteiger partial charge in [0.2, 0.25) is 5.95 Å². The summed E-state index contributed by atoms with van der Waals surface area (Å²) >= 11 is 5.90. The van der Waals surface area contributed by atoms with Gasteiger partial charge in [-0.3, -0.25) is 4.79 Å². The van der Waals surface area contributed by atoms with Crippen molar-refractivity contribution in [3.63, 3.8) is 0 Å². The van der Waals surface area contributed by atoms with E-state index in [1.54, 1.807) is 31.2 Å². The van der Waals surface area contributed by atoms with Gasteiger partial charge < -0.3 is 15.2 Å². The van der Waals surface area contributed by atoms with Crippen molar-refractivity contribution in [1.82, 2.24) is 15.1 Å². The Balaban J connectivity index is 1.69. The minimum atomic E-state index is -0.302. The van der Waals surface area contributed by atoms with Gasteiger partial charge in [-0.1, -0.05) is 16.8 Å². The lowest BCUT2D eigenvalue weighted by Gasteiger charge is -2.08. The largest absolute Gasteiger partial charge is 0.360 e. The van der Waals surface area contributed by atoms with Gasteiger partial charge in [0.05, 0.1) is 5.56 Å². The van der Waals surface area contributed by atoms with Crippen LogP contribution in [0, 0.1) is 13.8 Å². The third kappa shape index (κ3) is 3.69. The number of nitrogens with one attached hydrogen (secondary N) is 2. The zero-order valence-corrected chi connectivity index (χ0v) is 13.8. The Bertz CT molecular complexity index is 876. The van der Waals surface area contributed by atoms with Crippen LogP contribution in [0.15, 0.2) is 41.2 Å². The van der Waals surface area contributed by atoms with E-state index in [-0.39, 0.29) is 5.91 Å². The molecule has 0 unspecified atom stereocenters. The van der Waals surface area contributed by atoms with E-state index >= 15 is 0 Å². The number of aromatic nitrogens is 3. The molecule has 0 radical (unpaired) electrons. The van der Waals surface area contributed by atoms with Crippen molar-refractivity contribution in [2.24, 2.45) is 0 Å².